The van der Waals surface area contributed by atoms with Gasteiger partial charge < -0.3 is 15.0 Å². The zero-order chi connectivity index (χ0) is 17.0. The van der Waals surface area contributed by atoms with Gasteiger partial charge in [-0.1, -0.05) is 29.3 Å². The van der Waals surface area contributed by atoms with Gasteiger partial charge in [-0.25, -0.2) is 4.79 Å². The number of carbonyl (C=O) groups is 1. The zero-order valence-corrected chi connectivity index (χ0v) is 15.4. The van der Waals surface area contributed by atoms with Gasteiger partial charge in [0.1, 0.15) is 5.60 Å². The summed E-state index contributed by atoms with van der Waals surface area (Å²) in [5.74, 6) is 0.439. The molecule has 4 nitrogen and oxygen atoms in total. The van der Waals surface area contributed by atoms with Crippen molar-refractivity contribution < 1.29 is 9.53 Å². The van der Waals surface area contributed by atoms with Crippen molar-refractivity contribution in [1.82, 2.24) is 10.2 Å². The molecule has 1 unspecified atom stereocenters. The molecule has 1 aromatic carbocycles. The van der Waals surface area contributed by atoms with E-state index < -0.39 is 5.60 Å². The largest absolute Gasteiger partial charge is 0.444 e. The molecule has 1 aliphatic heterocycles. The summed E-state index contributed by atoms with van der Waals surface area (Å²) in [6.45, 7) is 8.68. The molecule has 23 heavy (non-hydrogen) atoms. The number of nitrogens with one attached hydrogen (secondary N) is 1. The quantitative estimate of drug-likeness (QED) is 0.870. The smallest absolute Gasteiger partial charge is 0.410 e. The highest BCUT2D eigenvalue weighted by Crippen LogP contribution is 2.22. The Hall–Kier alpha value is -0.970. The molecule has 1 heterocycles. The van der Waals surface area contributed by atoms with Crippen LogP contribution in [0.1, 0.15) is 32.8 Å². The van der Waals surface area contributed by atoms with Gasteiger partial charge in [-0.2, -0.15) is 0 Å². The third-order valence-electron chi connectivity index (χ3n) is 3.70. The number of hydrogen-bond donors (Lipinski definition) is 1. The Kier molecular flexibility index (Phi) is 6.18. The molecule has 0 bridgehead atoms. The molecule has 1 N–H and O–H groups in total. The van der Waals surface area contributed by atoms with E-state index in [2.05, 4.69) is 5.32 Å². The van der Waals surface area contributed by atoms with Gasteiger partial charge in [0.2, 0.25) is 0 Å². The second kappa shape index (κ2) is 7.73. The van der Waals surface area contributed by atoms with Gasteiger partial charge in [-0.05, 0) is 50.8 Å². The highest BCUT2D eigenvalue weighted by atomic mass is 35.5. The van der Waals surface area contributed by atoms with Crippen LogP contribution in [-0.4, -0.2) is 36.2 Å². The van der Waals surface area contributed by atoms with Gasteiger partial charge in [-0.15, -0.1) is 0 Å². The van der Waals surface area contributed by atoms with Crippen LogP contribution in [-0.2, 0) is 11.3 Å². The summed E-state index contributed by atoms with van der Waals surface area (Å²) in [5.41, 5.74) is 0.580. The summed E-state index contributed by atoms with van der Waals surface area (Å²) in [6.07, 6.45) is 0.765. The summed E-state index contributed by atoms with van der Waals surface area (Å²) < 4.78 is 5.41. The van der Waals surface area contributed by atoms with E-state index in [1.165, 1.54) is 0 Å². The fraction of sp³-hybridized carbons (Fsp3) is 0.588. The number of benzene rings is 1. The third-order valence-corrected chi connectivity index (χ3v) is 4.29. The Morgan fingerprint density at radius 1 is 1.39 bits per heavy atom. The maximum Gasteiger partial charge on any atom is 0.410 e. The van der Waals surface area contributed by atoms with Crippen molar-refractivity contribution >= 4 is 29.3 Å². The Morgan fingerprint density at radius 2 is 2.13 bits per heavy atom. The highest BCUT2D eigenvalue weighted by Gasteiger charge is 2.29. The first-order valence-corrected chi connectivity index (χ1v) is 8.63. The van der Waals surface area contributed by atoms with Crippen molar-refractivity contribution in [2.24, 2.45) is 5.92 Å². The van der Waals surface area contributed by atoms with Crippen LogP contribution < -0.4 is 5.32 Å². The number of nitrogens with zero attached hydrogens (tertiary/aromatic N) is 1. The van der Waals surface area contributed by atoms with E-state index in [0.717, 1.165) is 31.6 Å². The molecular weight excluding hydrogens is 335 g/mol. The van der Waals surface area contributed by atoms with E-state index in [1.54, 1.807) is 11.0 Å². The Morgan fingerprint density at radius 3 is 2.78 bits per heavy atom. The maximum absolute atomic E-state index is 12.0. The standard InChI is InChI=1S/C17H24Cl2N2O2/c1-17(2,3)23-16(22)21-7-6-12(11-21)9-20-10-13-4-5-14(18)8-15(13)19/h4-5,8,12,20H,6-7,9-11H2,1-3H3. The number of rotatable bonds is 4. The minimum Gasteiger partial charge on any atom is -0.444 e. The SMILES string of the molecule is CC(C)(C)OC(=O)N1CCC(CNCc2ccc(Cl)cc2Cl)C1. The molecule has 1 amide bonds. The van der Waals surface area contributed by atoms with Gasteiger partial charge in [-0.3, -0.25) is 0 Å². The number of hydrogen-bond acceptors (Lipinski definition) is 3. The van der Waals surface area contributed by atoms with E-state index in [1.807, 2.05) is 32.9 Å². The molecule has 128 valence electrons. The van der Waals surface area contributed by atoms with Crippen LogP contribution in [0.25, 0.3) is 0 Å². The van der Waals surface area contributed by atoms with Crippen molar-refractivity contribution in [3.63, 3.8) is 0 Å². The number of halogens is 2. The Labute approximate surface area is 148 Å². The van der Waals surface area contributed by atoms with Gasteiger partial charge in [0.05, 0.1) is 0 Å². The normalized spacial score (nSPS) is 18.3. The second-order valence-corrected chi connectivity index (χ2v) is 7.79. The summed E-state index contributed by atoms with van der Waals surface area (Å²) in [7, 11) is 0. The maximum atomic E-state index is 12.0. The molecular formula is C17H24Cl2N2O2. The Bertz CT molecular complexity index is 558. The van der Waals surface area contributed by atoms with Crippen molar-refractivity contribution in [3.05, 3.63) is 33.8 Å². The minimum absolute atomic E-state index is 0.222. The van der Waals surface area contributed by atoms with Crippen molar-refractivity contribution in [2.75, 3.05) is 19.6 Å². The monoisotopic (exact) mass is 358 g/mol. The summed E-state index contributed by atoms with van der Waals surface area (Å²) in [4.78, 5) is 13.8. The molecule has 1 fully saturated rings. The first kappa shape index (κ1) is 18.4. The molecule has 0 aromatic heterocycles. The van der Waals surface area contributed by atoms with Gasteiger partial charge in [0.25, 0.3) is 0 Å². The minimum atomic E-state index is -0.446. The summed E-state index contributed by atoms with van der Waals surface area (Å²) in [6, 6.07) is 5.52. The average molecular weight is 359 g/mol. The van der Waals surface area contributed by atoms with Gasteiger partial charge >= 0.3 is 6.09 Å². The second-order valence-electron chi connectivity index (χ2n) is 6.95. The van der Waals surface area contributed by atoms with Crippen LogP contribution in [0.3, 0.4) is 0 Å². The zero-order valence-electron chi connectivity index (χ0n) is 13.9. The molecule has 1 aliphatic rings. The van der Waals surface area contributed by atoms with E-state index in [4.69, 9.17) is 27.9 Å². The lowest BCUT2D eigenvalue weighted by Gasteiger charge is -2.24. The van der Waals surface area contributed by atoms with Gasteiger partial charge in [0, 0.05) is 36.2 Å². The topological polar surface area (TPSA) is 41.6 Å². The van der Waals surface area contributed by atoms with E-state index >= 15 is 0 Å². The summed E-state index contributed by atoms with van der Waals surface area (Å²) >= 11 is 12.0. The first-order valence-electron chi connectivity index (χ1n) is 7.87. The van der Waals surface area contributed by atoms with E-state index in [9.17, 15) is 4.79 Å². The lowest BCUT2D eigenvalue weighted by Crippen LogP contribution is -2.36. The van der Waals surface area contributed by atoms with Crippen LogP contribution in [0.15, 0.2) is 18.2 Å². The van der Waals surface area contributed by atoms with Crippen LogP contribution in [0.4, 0.5) is 4.79 Å². The molecule has 1 atom stereocenters. The predicted molar refractivity (Wildman–Crippen MR) is 94.1 cm³/mol. The van der Waals surface area contributed by atoms with E-state index in [-0.39, 0.29) is 6.09 Å². The third kappa shape index (κ3) is 5.87. The molecule has 2 rings (SSSR count). The summed E-state index contributed by atoms with van der Waals surface area (Å²) in [5, 5.41) is 4.72. The fourth-order valence-corrected chi connectivity index (χ4v) is 3.04. The highest BCUT2D eigenvalue weighted by molar-refractivity contribution is 6.35. The van der Waals surface area contributed by atoms with Crippen molar-refractivity contribution in [2.45, 2.75) is 39.3 Å². The van der Waals surface area contributed by atoms with Crippen LogP contribution >= 0.6 is 23.2 Å². The molecule has 1 aromatic rings. The fourth-order valence-electron chi connectivity index (χ4n) is 2.57. The number of carbonyl (C=O) groups excluding carboxylic acids is 1. The molecule has 0 spiro atoms. The Balaban J connectivity index is 1.74. The molecule has 0 aliphatic carbocycles. The number of likely N-dealkylation sites (tertiary alicyclic amines) is 1. The molecule has 0 saturated carbocycles. The average Bonchev–Trinajstić information content (AvgIpc) is 2.88. The van der Waals surface area contributed by atoms with Crippen molar-refractivity contribution in [1.29, 1.82) is 0 Å². The predicted octanol–water partition coefficient (Wildman–Crippen LogP) is 4.34. The molecule has 0 radical (unpaired) electrons. The first-order chi connectivity index (χ1) is 10.7. The van der Waals surface area contributed by atoms with Crippen LogP contribution in [0, 0.1) is 5.92 Å². The number of ether oxygens (including phenoxy) is 1. The van der Waals surface area contributed by atoms with Crippen molar-refractivity contribution in [3.8, 4) is 0 Å². The van der Waals surface area contributed by atoms with Crippen LogP contribution in [0.2, 0.25) is 10.0 Å². The molecule has 1 saturated heterocycles. The van der Waals surface area contributed by atoms with E-state index in [0.29, 0.717) is 22.5 Å². The number of amides is 1. The van der Waals surface area contributed by atoms with Gasteiger partial charge in [0.15, 0.2) is 0 Å². The van der Waals surface area contributed by atoms with Crippen LogP contribution in [0.5, 0.6) is 0 Å². The lowest BCUT2D eigenvalue weighted by atomic mass is 10.1. The molecule has 6 heteroatoms. The lowest BCUT2D eigenvalue weighted by molar-refractivity contribution is 0.0288.